The lowest BCUT2D eigenvalue weighted by atomic mass is 10.1. The molecule has 6 heteroatoms. The van der Waals surface area contributed by atoms with Gasteiger partial charge in [-0.2, -0.15) is 5.26 Å². The van der Waals surface area contributed by atoms with Crippen molar-refractivity contribution in [3.63, 3.8) is 0 Å². The molecule has 0 N–H and O–H groups in total. The summed E-state index contributed by atoms with van der Waals surface area (Å²) in [5.74, 6) is 1.36. The van der Waals surface area contributed by atoms with E-state index in [0.29, 0.717) is 17.2 Å². The van der Waals surface area contributed by atoms with Gasteiger partial charge in [0.1, 0.15) is 11.8 Å². The molecule has 0 amide bonds. The molecule has 0 aliphatic carbocycles. The van der Waals surface area contributed by atoms with Gasteiger partial charge in [0.2, 0.25) is 6.79 Å². The summed E-state index contributed by atoms with van der Waals surface area (Å²) in [4.78, 5) is 0. The van der Waals surface area contributed by atoms with Crippen LogP contribution in [0.3, 0.4) is 0 Å². The van der Waals surface area contributed by atoms with Gasteiger partial charge >= 0.3 is 0 Å². The lowest BCUT2D eigenvalue weighted by Gasteiger charge is -2.15. The van der Waals surface area contributed by atoms with Gasteiger partial charge in [-0.25, -0.2) is 4.68 Å². The first-order chi connectivity index (χ1) is 11.8. The van der Waals surface area contributed by atoms with Crippen LogP contribution >= 0.6 is 0 Å². The number of nitrogens with zero attached hydrogens (tertiary/aromatic N) is 4. The highest BCUT2D eigenvalue weighted by Gasteiger charge is 2.22. The second-order valence-electron chi connectivity index (χ2n) is 5.50. The third kappa shape index (κ3) is 2.27. The zero-order valence-electron chi connectivity index (χ0n) is 13.0. The van der Waals surface area contributed by atoms with Gasteiger partial charge in [-0.05, 0) is 30.7 Å². The van der Waals surface area contributed by atoms with Gasteiger partial charge in [0.25, 0.3) is 0 Å². The molecular weight excluding hydrogens is 304 g/mol. The molecule has 2 heterocycles. The maximum atomic E-state index is 9.42. The van der Waals surface area contributed by atoms with E-state index in [1.807, 2.05) is 55.5 Å². The molecule has 4 rings (SSSR count). The van der Waals surface area contributed by atoms with E-state index in [2.05, 4.69) is 16.4 Å². The maximum Gasteiger partial charge on any atom is 0.231 e. The van der Waals surface area contributed by atoms with Crippen LogP contribution in [0.2, 0.25) is 0 Å². The molecule has 0 spiro atoms. The summed E-state index contributed by atoms with van der Waals surface area (Å²) in [5, 5.41) is 17.7. The molecule has 0 fully saturated rings. The Labute approximate surface area is 138 Å². The summed E-state index contributed by atoms with van der Waals surface area (Å²) in [6.45, 7) is 2.24. The topological polar surface area (TPSA) is 73.0 Å². The van der Waals surface area contributed by atoms with Crippen LogP contribution in [-0.2, 0) is 0 Å². The first-order valence-corrected chi connectivity index (χ1v) is 7.58. The van der Waals surface area contributed by atoms with E-state index < -0.39 is 0 Å². The third-order valence-corrected chi connectivity index (χ3v) is 4.10. The number of benzene rings is 2. The predicted octanol–water partition coefficient (Wildman–Crippen LogP) is 3.15. The average Bonchev–Trinajstić information content (AvgIpc) is 3.27. The highest BCUT2D eigenvalue weighted by Crippen LogP contribution is 2.37. The van der Waals surface area contributed by atoms with Crippen molar-refractivity contribution in [3.8, 4) is 28.8 Å². The Morgan fingerprint density at radius 1 is 1.12 bits per heavy atom. The minimum Gasteiger partial charge on any atom is -0.454 e. The number of ether oxygens (including phenoxy) is 2. The minimum atomic E-state index is -0.0544. The molecule has 1 unspecified atom stereocenters. The van der Waals surface area contributed by atoms with E-state index in [-0.39, 0.29) is 18.5 Å². The van der Waals surface area contributed by atoms with E-state index in [9.17, 15) is 5.26 Å². The quantitative estimate of drug-likeness (QED) is 0.741. The van der Waals surface area contributed by atoms with Crippen molar-refractivity contribution in [3.05, 3.63) is 59.8 Å². The van der Waals surface area contributed by atoms with Crippen LogP contribution in [0.1, 0.15) is 24.2 Å². The molecular formula is C18H14N4O2. The van der Waals surface area contributed by atoms with Gasteiger partial charge in [-0.3, -0.25) is 0 Å². The molecule has 24 heavy (non-hydrogen) atoms. The van der Waals surface area contributed by atoms with Crippen molar-refractivity contribution >= 4 is 0 Å². The van der Waals surface area contributed by atoms with Crippen molar-refractivity contribution in [2.45, 2.75) is 13.0 Å². The monoisotopic (exact) mass is 318 g/mol. The summed E-state index contributed by atoms with van der Waals surface area (Å²) < 4.78 is 12.6. The van der Waals surface area contributed by atoms with Gasteiger partial charge in [-0.15, -0.1) is 5.10 Å². The zero-order valence-corrected chi connectivity index (χ0v) is 13.0. The predicted molar refractivity (Wildman–Crippen MR) is 86.6 cm³/mol. The number of hydrogen-bond donors (Lipinski definition) is 0. The molecule has 2 aromatic carbocycles. The van der Waals surface area contributed by atoms with Crippen molar-refractivity contribution in [1.82, 2.24) is 15.0 Å². The van der Waals surface area contributed by atoms with E-state index in [4.69, 9.17) is 9.47 Å². The summed E-state index contributed by atoms with van der Waals surface area (Å²) in [6, 6.07) is 17.6. The highest BCUT2D eigenvalue weighted by atomic mass is 16.7. The van der Waals surface area contributed by atoms with Gasteiger partial charge in [-0.1, -0.05) is 35.5 Å². The molecule has 0 saturated heterocycles. The van der Waals surface area contributed by atoms with E-state index in [1.54, 1.807) is 4.68 Å². The normalized spacial score (nSPS) is 13.5. The van der Waals surface area contributed by atoms with Gasteiger partial charge < -0.3 is 9.47 Å². The van der Waals surface area contributed by atoms with Crippen molar-refractivity contribution < 1.29 is 9.47 Å². The van der Waals surface area contributed by atoms with Crippen molar-refractivity contribution in [1.29, 1.82) is 5.26 Å². The van der Waals surface area contributed by atoms with Crippen LogP contribution in [-0.4, -0.2) is 21.8 Å². The molecule has 118 valence electrons. The van der Waals surface area contributed by atoms with Gasteiger partial charge in [0.05, 0.1) is 6.04 Å². The average molecular weight is 318 g/mol. The second kappa shape index (κ2) is 5.70. The lowest BCUT2D eigenvalue weighted by Crippen LogP contribution is -2.10. The second-order valence-corrected chi connectivity index (χ2v) is 5.50. The van der Waals surface area contributed by atoms with Crippen molar-refractivity contribution in [2.24, 2.45) is 0 Å². The number of nitriles is 1. The summed E-state index contributed by atoms with van der Waals surface area (Å²) in [6.07, 6.45) is 0. The fraction of sp³-hybridized carbons (Fsp3) is 0.167. The fourth-order valence-corrected chi connectivity index (χ4v) is 2.83. The molecule has 1 atom stereocenters. The Morgan fingerprint density at radius 2 is 1.92 bits per heavy atom. The lowest BCUT2D eigenvalue weighted by molar-refractivity contribution is 0.174. The SMILES string of the molecule is CC(c1ccccc1)n1nnc(C#N)c1-c1ccc2c(c1)OCO2. The summed E-state index contributed by atoms with van der Waals surface area (Å²) in [7, 11) is 0. The standard InChI is InChI=1S/C18H14N4O2/c1-12(13-5-3-2-4-6-13)22-18(15(10-19)20-21-22)14-7-8-16-17(9-14)24-11-23-16/h2-9,12H,11H2,1H3. The Morgan fingerprint density at radius 3 is 2.71 bits per heavy atom. The molecule has 0 bridgehead atoms. The molecule has 0 radical (unpaired) electrons. The molecule has 3 aromatic rings. The Kier molecular flexibility index (Phi) is 3.39. The Balaban J connectivity index is 1.83. The summed E-state index contributed by atoms with van der Waals surface area (Å²) >= 11 is 0. The number of hydrogen-bond acceptors (Lipinski definition) is 5. The molecule has 6 nitrogen and oxygen atoms in total. The summed E-state index contributed by atoms with van der Waals surface area (Å²) in [5.41, 5.74) is 2.88. The largest absolute Gasteiger partial charge is 0.454 e. The number of aromatic nitrogens is 3. The number of fused-ring (bicyclic) bond motifs is 1. The van der Waals surface area contributed by atoms with Crippen LogP contribution in [0.15, 0.2) is 48.5 Å². The van der Waals surface area contributed by atoms with Crippen LogP contribution in [0, 0.1) is 11.3 Å². The first kappa shape index (κ1) is 14.3. The fourth-order valence-electron chi connectivity index (χ4n) is 2.83. The molecule has 1 aliphatic heterocycles. The Hall–Kier alpha value is -3.33. The van der Waals surface area contributed by atoms with E-state index >= 15 is 0 Å². The van der Waals surface area contributed by atoms with Crippen molar-refractivity contribution in [2.75, 3.05) is 6.79 Å². The molecule has 1 aliphatic rings. The number of rotatable bonds is 3. The van der Waals surface area contributed by atoms with Gasteiger partial charge in [0, 0.05) is 5.56 Å². The van der Waals surface area contributed by atoms with Gasteiger partial charge in [0.15, 0.2) is 17.2 Å². The van der Waals surface area contributed by atoms with Crippen LogP contribution in [0.5, 0.6) is 11.5 Å². The maximum absolute atomic E-state index is 9.42. The van der Waals surface area contributed by atoms with Crippen LogP contribution in [0.25, 0.3) is 11.3 Å². The van der Waals surface area contributed by atoms with E-state index in [0.717, 1.165) is 11.1 Å². The first-order valence-electron chi connectivity index (χ1n) is 7.58. The van der Waals surface area contributed by atoms with E-state index in [1.165, 1.54) is 0 Å². The third-order valence-electron chi connectivity index (χ3n) is 4.10. The molecule has 0 saturated carbocycles. The zero-order chi connectivity index (χ0) is 16.5. The Bertz CT molecular complexity index is 928. The minimum absolute atomic E-state index is 0.0544. The highest BCUT2D eigenvalue weighted by molar-refractivity contribution is 5.68. The smallest absolute Gasteiger partial charge is 0.231 e. The molecule has 1 aromatic heterocycles. The van der Waals surface area contributed by atoms with Crippen LogP contribution < -0.4 is 9.47 Å². The van der Waals surface area contributed by atoms with Crippen LogP contribution in [0.4, 0.5) is 0 Å².